The van der Waals surface area contributed by atoms with Crippen LogP contribution in [0.15, 0.2) is 91.3 Å². The topological polar surface area (TPSA) is 126 Å². The van der Waals surface area contributed by atoms with Crippen LogP contribution in [-0.4, -0.2) is 63.6 Å². The summed E-state index contributed by atoms with van der Waals surface area (Å²) in [6.07, 6.45) is 3.59. The average molecular weight is 598 g/mol. The Kier molecular flexibility index (Phi) is 9.01. The molecule has 10 heteroatoms. The maximum absolute atomic E-state index is 14.5. The van der Waals surface area contributed by atoms with Gasteiger partial charge in [-0.15, -0.1) is 0 Å². The molecule has 3 N–H and O–H groups in total. The summed E-state index contributed by atoms with van der Waals surface area (Å²) in [5, 5.41) is 5.04. The minimum Gasteiger partial charge on any atom is -0.368 e. The number of carbonyl (C=O) groups is 4. The van der Waals surface area contributed by atoms with Crippen molar-refractivity contribution in [3.8, 4) is 0 Å². The highest BCUT2D eigenvalue weighted by Crippen LogP contribution is 2.33. The first-order valence-electron chi connectivity index (χ1n) is 14.1. The molecule has 1 fully saturated rings. The van der Waals surface area contributed by atoms with Gasteiger partial charge in [0.05, 0.1) is 6.54 Å². The second-order valence-corrected chi connectivity index (χ2v) is 11.0. The third kappa shape index (κ3) is 6.52. The number of fused-ring (bicyclic) bond motifs is 1. The minimum absolute atomic E-state index is 0.211. The zero-order chi connectivity index (χ0) is 30.5. The summed E-state index contributed by atoms with van der Waals surface area (Å²) < 4.78 is 0. The van der Waals surface area contributed by atoms with Crippen molar-refractivity contribution in [2.45, 2.75) is 37.9 Å². The normalized spacial score (nSPS) is 17.8. The van der Waals surface area contributed by atoms with Crippen molar-refractivity contribution in [1.29, 1.82) is 0 Å². The number of carbonyl (C=O) groups excluding carboxylic acids is 4. The molecule has 1 saturated heterocycles. The van der Waals surface area contributed by atoms with Crippen molar-refractivity contribution in [3.63, 3.8) is 0 Å². The van der Waals surface area contributed by atoms with E-state index in [1.54, 1.807) is 36.4 Å². The zero-order valence-electron chi connectivity index (χ0n) is 23.7. The number of nitrogens with two attached hydrogens (primary N) is 1. The lowest BCUT2D eigenvalue weighted by Crippen LogP contribution is -2.53. The zero-order valence-corrected chi connectivity index (χ0v) is 24.4. The van der Waals surface area contributed by atoms with E-state index in [2.05, 4.69) is 10.3 Å². The SMILES string of the molecule is CC1CCN(C(Cc2cccc3ccccc23)C(N)=O)C(=O)C(c2cccc(Cl)c2)N1C(=O)CNC(=O)c1ccncc1. The third-order valence-corrected chi connectivity index (χ3v) is 8.09. The Morgan fingerprint density at radius 3 is 2.49 bits per heavy atom. The van der Waals surface area contributed by atoms with E-state index in [1.807, 2.05) is 49.4 Å². The summed E-state index contributed by atoms with van der Waals surface area (Å²) in [5.41, 5.74) is 7.70. The summed E-state index contributed by atoms with van der Waals surface area (Å²) in [5.74, 6) is -1.96. The van der Waals surface area contributed by atoms with Gasteiger partial charge in [0.25, 0.3) is 11.8 Å². The predicted molar refractivity (Wildman–Crippen MR) is 164 cm³/mol. The van der Waals surface area contributed by atoms with Crippen LogP contribution < -0.4 is 11.1 Å². The predicted octanol–water partition coefficient (Wildman–Crippen LogP) is 3.91. The number of benzene rings is 3. The van der Waals surface area contributed by atoms with E-state index < -0.39 is 41.8 Å². The summed E-state index contributed by atoms with van der Waals surface area (Å²) in [6, 6.07) is 21.1. The van der Waals surface area contributed by atoms with Gasteiger partial charge in [-0.3, -0.25) is 24.2 Å². The molecule has 0 spiro atoms. The Morgan fingerprint density at radius 1 is 1.02 bits per heavy atom. The van der Waals surface area contributed by atoms with Crippen LogP contribution in [0.2, 0.25) is 5.02 Å². The lowest BCUT2D eigenvalue weighted by atomic mass is 9.96. The fourth-order valence-corrected chi connectivity index (χ4v) is 5.88. The van der Waals surface area contributed by atoms with Crippen LogP contribution in [0.4, 0.5) is 0 Å². The number of pyridine rings is 1. The van der Waals surface area contributed by atoms with Crippen molar-refractivity contribution in [2.24, 2.45) is 5.73 Å². The van der Waals surface area contributed by atoms with E-state index >= 15 is 0 Å². The van der Waals surface area contributed by atoms with Crippen LogP contribution in [0.25, 0.3) is 10.8 Å². The lowest BCUT2D eigenvalue weighted by Gasteiger charge is -2.36. The van der Waals surface area contributed by atoms with Gasteiger partial charge in [-0.1, -0.05) is 66.2 Å². The Morgan fingerprint density at radius 2 is 1.74 bits per heavy atom. The number of primary amides is 1. The fraction of sp³-hybridized carbons (Fsp3) is 0.242. The summed E-state index contributed by atoms with van der Waals surface area (Å²) in [4.78, 5) is 60.8. The van der Waals surface area contributed by atoms with Gasteiger partial charge in [0.1, 0.15) is 12.1 Å². The summed E-state index contributed by atoms with van der Waals surface area (Å²) >= 11 is 6.33. The molecule has 43 heavy (non-hydrogen) atoms. The van der Waals surface area contributed by atoms with Gasteiger partial charge in [0, 0.05) is 42.0 Å². The standard InChI is InChI=1S/C33H32ClN5O4/c1-21-14-17-38(28(31(35)41)19-24-8-4-7-22-6-2-3-11-27(22)24)33(43)30(25-9-5-10-26(34)18-25)39(21)29(40)20-37-32(42)23-12-15-36-16-13-23/h2-13,15-16,18,21,28,30H,14,17,19-20H2,1H3,(H2,35,41)(H,37,42). The molecule has 3 unspecified atom stereocenters. The fourth-order valence-electron chi connectivity index (χ4n) is 5.68. The van der Waals surface area contributed by atoms with Crippen LogP contribution in [0.3, 0.4) is 0 Å². The number of hydrogen-bond donors (Lipinski definition) is 2. The summed E-state index contributed by atoms with van der Waals surface area (Å²) in [6.45, 7) is 1.73. The molecule has 0 bridgehead atoms. The van der Waals surface area contributed by atoms with Crippen molar-refractivity contribution in [2.75, 3.05) is 13.1 Å². The van der Waals surface area contributed by atoms with Crippen LogP contribution in [-0.2, 0) is 20.8 Å². The Bertz CT molecular complexity index is 1660. The Hall–Kier alpha value is -4.76. The molecule has 0 radical (unpaired) electrons. The number of nitrogens with one attached hydrogen (secondary N) is 1. The molecule has 5 rings (SSSR count). The second kappa shape index (κ2) is 13.0. The van der Waals surface area contributed by atoms with Crippen molar-refractivity contribution in [3.05, 3.63) is 113 Å². The first-order chi connectivity index (χ1) is 20.7. The van der Waals surface area contributed by atoms with Crippen molar-refractivity contribution >= 4 is 46.0 Å². The average Bonchev–Trinajstić information content (AvgIpc) is 3.14. The van der Waals surface area contributed by atoms with Gasteiger partial charge in [-0.25, -0.2) is 0 Å². The van der Waals surface area contributed by atoms with Gasteiger partial charge in [-0.05, 0) is 59.5 Å². The quantitative estimate of drug-likeness (QED) is 0.319. The smallest absolute Gasteiger partial charge is 0.251 e. The number of aromatic nitrogens is 1. The van der Waals surface area contributed by atoms with Crippen molar-refractivity contribution < 1.29 is 19.2 Å². The van der Waals surface area contributed by atoms with Crippen LogP contribution >= 0.6 is 11.6 Å². The third-order valence-electron chi connectivity index (χ3n) is 7.85. The molecule has 4 amide bonds. The molecule has 220 valence electrons. The van der Waals surface area contributed by atoms with E-state index in [4.69, 9.17) is 17.3 Å². The number of hydrogen-bond acceptors (Lipinski definition) is 5. The Labute approximate surface area is 254 Å². The first-order valence-corrected chi connectivity index (χ1v) is 14.4. The molecule has 0 saturated carbocycles. The van der Waals surface area contributed by atoms with E-state index in [9.17, 15) is 19.2 Å². The highest BCUT2D eigenvalue weighted by molar-refractivity contribution is 6.30. The molecule has 9 nitrogen and oxygen atoms in total. The molecule has 1 aromatic heterocycles. The molecular weight excluding hydrogens is 566 g/mol. The monoisotopic (exact) mass is 597 g/mol. The molecule has 0 aliphatic carbocycles. The van der Waals surface area contributed by atoms with Gasteiger partial charge in [0.2, 0.25) is 11.8 Å². The lowest BCUT2D eigenvalue weighted by molar-refractivity contribution is -0.148. The van der Waals surface area contributed by atoms with E-state index in [0.29, 0.717) is 22.6 Å². The van der Waals surface area contributed by atoms with E-state index in [1.165, 1.54) is 22.2 Å². The van der Waals surface area contributed by atoms with Crippen LogP contribution in [0.1, 0.15) is 40.9 Å². The maximum atomic E-state index is 14.5. The van der Waals surface area contributed by atoms with Crippen LogP contribution in [0, 0.1) is 0 Å². The minimum atomic E-state index is -1.09. The number of halogens is 1. The maximum Gasteiger partial charge on any atom is 0.251 e. The Balaban J connectivity index is 1.48. The van der Waals surface area contributed by atoms with Crippen molar-refractivity contribution in [1.82, 2.24) is 20.1 Å². The second-order valence-electron chi connectivity index (χ2n) is 10.6. The van der Waals surface area contributed by atoms with Gasteiger partial charge in [-0.2, -0.15) is 0 Å². The molecule has 3 atom stereocenters. The number of amides is 4. The number of nitrogens with zero attached hydrogens (tertiary/aromatic N) is 3. The highest BCUT2D eigenvalue weighted by Gasteiger charge is 2.43. The van der Waals surface area contributed by atoms with E-state index in [0.717, 1.165) is 16.3 Å². The van der Waals surface area contributed by atoms with Gasteiger partial charge >= 0.3 is 0 Å². The first kappa shape index (κ1) is 29.7. The molecule has 4 aromatic rings. The largest absolute Gasteiger partial charge is 0.368 e. The molecule has 2 heterocycles. The molecule has 3 aromatic carbocycles. The van der Waals surface area contributed by atoms with Crippen LogP contribution in [0.5, 0.6) is 0 Å². The highest BCUT2D eigenvalue weighted by atomic mass is 35.5. The van der Waals surface area contributed by atoms with E-state index in [-0.39, 0.29) is 19.5 Å². The molecular formula is C33H32ClN5O4. The number of rotatable bonds is 8. The van der Waals surface area contributed by atoms with Gasteiger partial charge < -0.3 is 20.9 Å². The van der Waals surface area contributed by atoms with Gasteiger partial charge in [0.15, 0.2) is 0 Å². The molecule has 1 aliphatic rings. The summed E-state index contributed by atoms with van der Waals surface area (Å²) in [7, 11) is 0. The molecule has 1 aliphatic heterocycles.